The monoisotopic (exact) mass is 289 g/mol. The highest BCUT2D eigenvalue weighted by molar-refractivity contribution is 5.89. The van der Waals surface area contributed by atoms with Gasteiger partial charge in [-0.3, -0.25) is 4.79 Å². The normalized spacial score (nSPS) is 25.4. The van der Waals surface area contributed by atoms with Crippen molar-refractivity contribution in [3.63, 3.8) is 0 Å². The third-order valence-corrected chi connectivity index (χ3v) is 4.68. The largest absolute Gasteiger partial charge is 0.496 e. The minimum atomic E-state index is -0.922. The number of amides is 1. The van der Waals surface area contributed by atoms with E-state index in [0.717, 1.165) is 49.2 Å². The smallest absolute Gasteiger partial charge is 0.244 e. The molecule has 1 aliphatic carbocycles. The van der Waals surface area contributed by atoms with Gasteiger partial charge in [0.25, 0.3) is 0 Å². The molecule has 114 valence electrons. The third kappa shape index (κ3) is 2.51. The first-order valence-electron chi connectivity index (χ1n) is 7.62. The van der Waals surface area contributed by atoms with Crippen LogP contribution in [-0.2, 0) is 16.8 Å². The minimum absolute atomic E-state index is 0.0543. The number of ether oxygens (including phenoxy) is 1. The van der Waals surface area contributed by atoms with E-state index in [1.165, 1.54) is 0 Å². The van der Waals surface area contributed by atoms with Crippen LogP contribution in [0.25, 0.3) is 0 Å². The van der Waals surface area contributed by atoms with E-state index in [-0.39, 0.29) is 11.9 Å². The van der Waals surface area contributed by atoms with Crippen molar-refractivity contribution >= 4 is 5.91 Å². The van der Waals surface area contributed by atoms with Crippen LogP contribution >= 0.6 is 0 Å². The predicted octanol–water partition coefficient (Wildman–Crippen LogP) is 0.664. The number of nitrogens with one attached hydrogen (secondary N) is 2. The van der Waals surface area contributed by atoms with Gasteiger partial charge in [-0.25, -0.2) is 0 Å². The molecule has 1 atom stereocenters. The van der Waals surface area contributed by atoms with Gasteiger partial charge in [0.1, 0.15) is 11.3 Å². The quantitative estimate of drug-likeness (QED) is 0.764. The van der Waals surface area contributed by atoms with Crippen LogP contribution in [0.2, 0.25) is 0 Å². The lowest BCUT2D eigenvalue weighted by atomic mass is 9.91. The molecule has 1 saturated heterocycles. The van der Waals surface area contributed by atoms with Crippen molar-refractivity contribution < 1.29 is 9.53 Å². The highest BCUT2D eigenvalue weighted by atomic mass is 16.5. The Kier molecular flexibility index (Phi) is 3.87. The molecule has 1 aliphatic heterocycles. The number of piperidine rings is 1. The van der Waals surface area contributed by atoms with Crippen molar-refractivity contribution in [2.45, 2.75) is 37.3 Å². The zero-order valence-electron chi connectivity index (χ0n) is 12.4. The number of benzene rings is 1. The first kappa shape index (κ1) is 14.4. The number of rotatable bonds is 3. The molecular weight excluding hydrogens is 266 g/mol. The van der Waals surface area contributed by atoms with E-state index in [1.807, 2.05) is 18.2 Å². The summed E-state index contributed by atoms with van der Waals surface area (Å²) in [4.78, 5) is 12.7. The first-order valence-corrected chi connectivity index (χ1v) is 7.62. The minimum Gasteiger partial charge on any atom is -0.496 e. The summed E-state index contributed by atoms with van der Waals surface area (Å²) in [6.45, 7) is 1.90. The zero-order chi connectivity index (χ0) is 14.9. The molecule has 0 bridgehead atoms. The molecule has 1 aromatic carbocycles. The Morgan fingerprint density at radius 1 is 1.43 bits per heavy atom. The van der Waals surface area contributed by atoms with Crippen LogP contribution in [0.5, 0.6) is 5.75 Å². The van der Waals surface area contributed by atoms with E-state index in [1.54, 1.807) is 7.11 Å². The molecule has 5 nitrogen and oxygen atoms in total. The summed E-state index contributed by atoms with van der Waals surface area (Å²) in [7, 11) is 1.65. The Morgan fingerprint density at radius 2 is 2.19 bits per heavy atom. The predicted molar refractivity (Wildman–Crippen MR) is 81.2 cm³/mol. The fourth-order valence-electron chi connectivity index (χ4n) is 3.41. The first-order chi connectivity index (χ1) is 10.1. The van der Waals surface area contributed by atoms with Gasteiger partial charge in [0, 0.05) is 6.04 Å². The van der Waals surface area contributed by atoms with Crippen molar-refractivity contribution in [3.8, 4) is 5.75 Å². The topological polar surface area (TPSA) is 76.4 Å². The molecule has 1 unspecified atom stereocenters. The van der Waals surface area contributed by atoms with Crippen LogP contribution in [0.4, 0.5) is 0 Å². The Hall–Kier alpha value is -1.59. The average Bonchev–Trinajstić information content (AvgIpc) is 2.87. The molecule has 1 fully saturated rings. The van der Waals surface area contributed by atoms with Crippen LogP contribution in [0.15, 0.2) is 18.2 Å². The lowest BCUT2D eigenvalue weighted by Crippen LogP contribution is -2.54. The molecule has 4 N–H and O–H groups in total. The summed E-state index contributed by atoms with van der Waals surface area (Å²) in [5.74, 6) is 0.774. The summed E-state index contributed by atoms with van der Waals surface area (Å²) in [6, 6.07) is 6.01. The highest BCUT2D eigenvalue weighted by Crippen LogP contribution is 2.39. The van der Waals surface area contributed by atoms with Gasteiger partial charge in [-0.2, -0.15) is 0 Å². The molecule has 0 radical (unpaired) electrons. The zero-order valence-corrected chi connectivity index (χ0v) is 12.4. The summed E-state index contributed by atoms with van der Waals surface area (Å²) >= 11 is 0. The molecule has 5 heteroatoms. The van der Waals surface area contributed by atoms with Gasteiger partial charge in [0.2, 0.25) is 5.91 Å². The average molecular weight is 289 g/mol. The van der Waals surface area contributed by atoms with E-state index >= 15 is 0 Å². The molecule has 3 rings (SSSR count). The summed E-state index contributed by atoms with van der Waals surface area (Å²) in [6.07, 6.45) is 3.36. The van der Waals surface area contributed by atoms with E-state index < -0.39 is 5.54 Å². The van der Waals surface area contributed by atoms with Crippen molar-refractivity contribution in [1.82, 2.24) is 10.6 Å². The van der Waals surface area contributed by atoms with Gasteiger partial charge in [0.15, 0.2) is 0 Å². The molecule has 1 amide bonds. The number of hydrogen-bond donors (Lipinski definition) is 3. The van der Waals surface area contributed by atoms with Crippen molar-refractivity contribution in [2.24, 2.45) is 5.73 Å². The number of fused-ring (bicyclic) bond motifs is 1. The van der Waals surface area contributed by atoms with Crippen LogP contribution in [-0.4, -0.2) is 32.1 Å². The molecule has 0 aromatic heterocycles. The van der Waals surface area contributed by atoms with Crippen molar-refractivity contribution in [2.75, 3.05) is 20.2 Å². The molecule has 0 spiro atoms. The van der Waals surface area contributed by atoms with Gasteiger partial charge in [0.05, 0.1) is 7.11 Å². The summed E-state index contributed by atoms with van der Waals surface area (Å²) < 4.78 is 5.38. The highest BCUT2D eigenvalue weighted by Gasteiger charge is 2.43. The van der Waals surface area contributed by atoms with Crippen LogP contribution in [0, 0.1) is 0 Å². The Balaban J connectivity index is 1.81. The molecule has 1 heterocycles. The van der Waals surface area contributed by atoms with E-state index in [9.17, 15) is 4.79 Å². The van der Waals surface area contributed by atoms with Gasteiger partial charge in [-0.1, -0.05) is 12.1 Å². The molecular formula is C16H23N3O2. The number of methoxy groups -OCH3 is 1. The summed E-state index contributed by atoms with van der Waals surface area (Å²) in [5, 5.41) is 6.43. The Labute approximate surface area is 125 Å². The van der Waals surface area contributed by atoms with Gasteiger partial charge >= 0.3 is 0 Å². The molecule has 1 aromatic rings. The Morgan fingerprint density at radius 3 is 2.90 bits per heavy atom. The lowest BCUT2D eigenvalue weighted by molar-refractivity contribution is -0.127. The second-order valence-corrected chi connectivity index (χ2v) is 5.96. The number of hydrogen-bond acceptors (Lipinski definition) is 4. The van der Waals surface area contributed by atoms with E-state index in [0.29, 0.717) is 6.42 Å². The maximum absolute atomic E-state index is 12.7. The maximum atomic E-state index is 12.7. The molecule has 21 heavy (non-hydrogen) atoms. The third-order valence-electron chi connectivity index (χ3n) is 4.68. The van der Waals surface area contributed by atoms with Crippen LogP contribution in [0.1, 0.15) is 30.4 Å². The van der Waals surface area contributed by atoms with E-state index in [2.05, 4.69) is 10.6 Å². The van der Waals surface area contributed by atoms with Gasteiger partial charge < -0.3 is 21.1 Å². The fraction of sp³-hybridized carbons (Fsp3) is 0.562. The summed E-state index contributed by atoms with van der Waals surface area (Å²) in [5.41, 5.74) is 7.53. The lowest BCUT2D eigenvalue weighted by Gasteiger charge is -2.30. The maximum Gasteiger partial charge on any atom is 0.244 e. The van der Waals surface area contributed by atoms with Crippen molar-refractivity contribution in [1.29, 1.82) is 0 Å². The standard InChI is InChI=1S/C16H23N3O2/c1-21-14-4-2-3-13-12(14)5-8-16(13,17)15(20)19-11-6-9-18-10-7-11/h2-4,11,18H,5-10,17H2,1H3,(H,19,20). The van der Waals surface area contributed by atoms with Gasteiger partial charge in [-0.15, -0.1) is 0 Å². The fourth-order valence-corrected chi connectivity index (χ4v) is 3.41. The number of carbonyl (C=O) groups excluding carboxylic acids is 1. The van der Waals surface area contributed by atoms with Crippen molar-refractivity contribution in [3.05, 3.63) is 29.3 Å². The Bertz CT molecular complexity index is 540. The SMILES string of the molecule is COc1cccc2c1CCC2(N)C(=O)NC1CCNCC1. The van der Waals surface area contributed by atoms with Gasteiger partial charge in [-0.05, 0) is 56.0 Å². The molecule has 0 saturated carbocycles. The van der Waals surface area contributed by atoms with Crippen LogP contribution in [0.3, 0.4) is 0 Å². The number of carbonyl (C=O) groups is 1. The van der Waals surface area contributed by atoms with E-state index in [4.69, 9.17) is 10.5 Å². The van der Waals surface area contributed by atoms with Crippen LogP contribution < -0.4 is 21.1 Å². The number of nitrogens with two attached hydrogens (primary N) is 1. The second kappa shape index (κ2) is 5.66. The second-order valence-electron chi connectivity index (χ2n) is 5.96. The molecule has 2 aliphatic rings.